The second-order valence-corrected chi connectivity index (χ2v) is 6.61. The third-order valence-corrected chi connectivity index (χ3v) is 3.70. The minimum absolute atomic E-state index is 0.186. The molecule has 1 saturated carbocycles. The molecule has 112 valence electrons. The smallest absolute Gasteiger partial charge is 0.407 e. The van der Waals surface area contributed by atoms with Crippen LogP contribution in [-0.2, 0) is 4.74 Å². The van der Waals surface area contributed by atoms with Gasteiger partial charge in [0.15, 0.2) is 0 Å². The molecule has 0 bridgehead atoms. The number of hydrogen-bond acceptors (Lipinski definition) is 3. The monoisotopic (exact) mass is 287 g/mol. The predicted molar refractivity (Wildman–Crippen MR) is 81.2 cm³/mol. The lowest BCUT2D eigenvalue weighted by Crippen LogP contribution is -2.46. The Labute approximate surface area is 124 Å². The van der Waals surface area contributed by atoms with Gasteiger partial charge in [0.2, 0.25) is 0 Å². The van der Waals surface area contributed by atoms with Crippen molar-refractivity contribution < 1.29 is 9.53 Å². The maximum absolute atomic E-state index is 11.7. The molecule has 0 spiro atoms. The third-order valence-electron chi connectivity index (χ3n) is 3.70. The van der Waals surface area contributed by atoms with E-state index in [0.717, 1.165) is 23.9 Å². The summed E-state index contributed by atoms with van der Waals surface area (Å²) in [6, 6.07) is 6.67. The van der Waals surface area contributed by atoms with E-state index in [1.807, 2.05) is 33.0 Å². The van der Waals surface area contributed by atoms with Crippen molar-refractivity contribution >= 4 is 17.1 Å². The van der Waals surface area contributed by atoms with Crippen LogP contribution >= 0.6 is 0 Å². The van der Waals surface area contributed by atoms with Crippen molar-refractivity contribution in [2.75, 3.05) is 0 Å². The molecule has 2 heterocycles. The molecular weight excluding hydrogens is 266 g/mol. The van der Waals surface area contributed by atoms with Crippen molar-refractivity contribution in [1.82, 2.24) is 14.9 Å². The van der Waals surface area contributed by atoms with Crippen molar-refractivity contribution in [2.24, 2.45) is 0 Å². The first-order chi connectivity index (χ1) is 9.92. The van der Waals surface area contributed by atoms with Gasteiger partial charge in [-0.1, -0.05) is 0 Å². The molecule has 1 amide bonds. The molecule has 0 aliphatic heterocycles. The maximum atomic E-state index is 11.7. The molecule has 2 aromatic heterocycles. The zero-order valence-corrected chi connectivity index (χ0v) is 12.7. The van der Waals surface area contributed by atoms with Crippen LogP contribution in [0.15, 0.2) is 30.6 Å². The Bertz CT molecular complexity index is 651. The van der Waals surface area contributed by atoms with E-state index in [0.29, 0.717) is 6.04 Å². The van der Waals surface area contributed by atoms with E-state index in [-0.39, 0.29) is 12.1 Å². The van der Waals surface area contributed by atoms with Crippen LogP contribution in [0.4, 0.5) is 4.79 Å². The van der Waals surface area contributed by atoms with E-state index >= 15 is 0 Å². The molecule has 1 N–H and O–H groups in total. The lowest BCUT2D eigenvalue weighted by molar-refractivity contribution is 0.0457. The predicted octanol–water partition coefficient (Wildman–Crippen LogP) is 3.26. The highest BCUT2D eigenvalue weighted by Gasteiger charge is 2.33. The molecule has 3 rings (SSSR count). The number of amides is 1. The van der Waals surface area contributed by atoms with Crippen LogP contribution in [0.5, 0.6) is 0 Å². The fraction of sp³-hybridized carbons (Fsp3) is 0.500. The Morgan fingerprint density at radius 3 is 2.86 bits per heavy atom. The quantitative estimate of drug-likeness (QED) is 0.922. The van der Waals surface area contributed by atoms with Crippen LogP contribution < -0.4 is 5.32 Å². The van der Waals surface area contributed by atoms with Crippen LogP contribution in [0.1, 0.15) is 39.7 Å². The summed E-state index contributed by atoms with van der Waals surface area (Å²) in [6.45, 7) is 5.61. The first kappa shape index (κ1) is 13.9. The summed E-state index contributed by atoms with van der Waals surface area (Å²) in [5.41, 5.74) is 0.562. The van der Waals surface area contributed by atoms with Crippen LogP contribution in [-0.4, -0.2) is 27.3 Å². The van der Waals surface area contributed by atoms with Gasteiger partial charge < -0.3 is 14.6 Å². The Balaban J connectivity index is 1.57. The van der Waals surface area contributed by atoms with Gasteiger partial charge in [0, 0.05) is 29.9 Å². The highest BCUT2D eigenvalue weighted by Crippen LogP contribution is 2.34. The molecule has 0 unspecified atom stereocenters. The molecule has 0 radical (unpaired) electrons. The molecule has 1 aliphatic rings. The lowest BCUT2D eigenvalue weighted by atomic mass is 9.86. The molecule has 1 fully saturated rings. The average Bonchev–Trinajstić information content (AvgIpc) is 2.74. The third kappa shape index (κ3) is 3.01. The van der Waals surface area contributed by atoms with Gasteiger partial charge in [0.1, 0.15) is 11.2 Å². The summed E-state index contributed by atoms with van der Waals surface area (Å²) in [6.07, 6.45) is 5.39. The van der Waals surface area contributed by atoms with Crippen LogP contribution in [0.2, 0.25) is 0 Å². The number of rotatable bonds is 2. The molecular formula is C16H21N3O2. The number of carbonyl (C=O) groups excluding carboxylic acids is 1. The number of nitrogens with one attached hydrogen (secondary N) is 1. The van der Waals surface area contributed by atoms with Gasteiger partial charge in [-0.2, -0.15) is 0 Å². The standard InChI is InChI=1S/C16H21N3O2/c1-16(2,3)21-15(20)18-12-9-13(10-12)19-8-6-11-5-4-7-17-14(11)19/h4-8,12-13H,9-10H2,1-3H3,(H,18,20)/t12-,13-. The second-order valence-electron chi connectivity index (χ2n) is 6.61. The fourth-order valence-electron chi connectivity index (χ4n) is 2.69. The van der Waals surface area contributed by atoms with Crippen molar-refractivity contribution in [2.45, 2.75) is 51.3 Å². The van der Waals surface area contributed by atoms with E-state index in [9.17, 15) is 4.79 Å². The number of nitrogens with zero attached hydrogens (tertiary/aromatic N) is 2. The Morgan fingerprint density at radius 1 is 1.38 bits per heavy atom. The van der Waals surface area contributed by atoms with Crippen molar-refractivity contribution in [3.8, 4) is 0 Å². The minimum Gasteiger partial charge on any atom is -0.444 e. The average molecular weight is 287 g/mol. The van der Waals surface area contributed by atoms with Gasteiger partial charge in [-0.05, 0) is 51.8 Å². The van der Waals surface area contributed by atoms with Gasteiger partial charge in [0.25, 0.3) is 0 Å². The summed E-state index contributed by atoms with van der Waals surface area (Å²) in [5, 5.41) is 4.07. The van der Waals surface area contributed by atoms with E-state index in [1.165, 1.54) is 0 Å². The Kier molecular flexibility index (Phi) is 3.35. The number of alkyl carbamates (subject to hydrolysis) is 1. The van der Waals surface area contributed by atoms with E-state index in [1.54, 1.807) is 0 Å². The molecule has 5 nitrogen and oxygen atoms in total. The molecule has 0 saturated heterocycles. The van der Waals surface area contributed by atoms with Gasteiger partial charge >= 0.3 is 6.09 Å². The molecule has 1 aliphatic carbocycles. The van der Waals surface area contributed by atoms with Crippen LogP contribution in [0.3, 0.4) is 0 Å². The molecule has 2 aromatic rings. The number of fused-ring (bicyclic) bond motifs is 1. The number of carbonyl (C=O) groups is 1. The minimum atomic E-state index is -0.451. The zero-order valence-electron chi connectivity index (χ0n) is 12.7. The van der Waals surface area contributed by atoms with E-state index in [4.69, 9.17) is 4.74 Å². The van der Waals surface area contributed by atoms with Gasteiger partial charge in [0.05, 0.1) is 0 Å². The van der Waals surface area contributed by atoms with Crippen molar-refractivity contribution in [1.29, 1.82) is 0 Å². The molecule has 0 atom stereocenters. The lowest BCUT2D eigenvalue weighted by Gasteiger charge is -2.37. The Morgan fingerprint density at radius 2 is 2.14 bits per heavy atom. The summed E-state index contributed by atoms with van der Waals surface area (Å²) in [7, 11) is 0. The van der Waals surface area contributed by atoms with Crippen molar-refractivity contribution in [3.05, 3.63) is 30.6 Å². The number of aromatic nitrogens is 2. The van der Waals surface area contributed by atoms with Crippen LogP contribution in [0, 0.1) is 0 Å². The summed E-state index contributed by atoms with van der Waals surface area (Å²) < 4.78 is 7.47. The van der Waals surface area contributed by atoms with Gasteiger partial charge in [-0.3, -0.25) is 0 Å². The first-order valence-corrected chi connectivity index (χ1v) is 7.33. The highest BCUT2D eigenvalue weighted by atomic mass is 16.6. The maximum Gasteiger partial charge on any atom is 0.407 e. The van der Waals surface area contributed by atoms with E-state index in [2.05, 4.69) is 33.2 Å². The Hall–Kier alpha value is -2.04. The highest BCUT2D eigenvalue weighted by molar-refractivity contribution is 5.76. The molecule has 21 heavy (non-hydrogen) atoms. The number of ether oxygens (including phenoxy) is 1. The number of pyridine rings is 1. The zero-order chi connectivity index (χ0) is 15.0. The second kappa shape index (κ2) is 5.06. The summed E-state index contributed by atoms with van der Waals surface area (Å²) >= 11 is 0. The largest absolute Gasteiger partial charge is 0.444 e. The fourth-order valence-corrected chi connectivity index (χ4v) is 2.69. The SMILES string of the molecule is CC(C)(C)OC(=O)N[C@H]1C[C@H](n2ccc3cccnc32)C1. The number of hydrogen-bond donors (Lipinski definition) is 1. The summed E-state index contributed by atoms with van der Waals surface area (Å²) in [5.74, 6) is 0. The molecule has 5 heteroatoms. The van der Waals surface area contributed by atoms with Crippen molar-refractivity contribution in [3.63, 3.8) is 0 Å². The van der Waals surface area contributed by atoms with Gasteiger partial charge in [-0.15, -0.1) is 0 Å². The molecule has 0 aromatic carbocycles. The van der Waals surface area contributed by atoms with Gasteiger partial charge in [-0.25, -0.2) is 9.78 Å². The van der Waals surface area contributed by atoms with Crippen LogP contribution in [0.25, 0.3) is 11.0 Å². The first-order valence-electron chi connectivity index (χ1n) is 7.33. The topological polar surface area (TPSA) is 56.1 Å². The summed E-state index contributed by atoms with van der Waals surface area (Å²) in [4.78, 5) is 16.1. The van der Waals surface area contributed by atoms with E-state index < -0.39 is 5.60 Å². The normalized spacial score (nSPS) is 21.9.